The summed E-state index contributed by atoms with van der Waals surface area (Å²) >= 11 is 0. The second-order valence-corrected chi connectivity index (χ2v) is 12.2. The molecule has 39 heavy (non-hydrogen) atoms. The highest BCUT2D eigenvalue weighted by molar-refractivity contribution is 7.92. The Bertz CT molecular complexity index is 1380. The molecular formula is C30H37N3O5S. The number of nitrogens with one attached hydrogen (secondary N) is 1. The van der Waals surface area contributed by atoms with E-state index in [9.17, 15) is 18.3 Å². The van der Waals surface area contributed by atoms with Crippen LogP contribution in [0.1, 0.15) is 29.8 Å². The number of rotatable bonds is 9. The topological polar surface area (TPSA) is 99.2 Å². The van der Waals surface area contributed by atoms with Crippen LogP contribution >= 0.6 is 0 Å². The molecule has 0 radical (unpaired) electrons. The number of benzene rings is 3. The number of aliphatic hydroxyl groups excluding tert-OH is 1. The lowest BCUT2D eigenvalue weighted by molar-refractivity contribution is 0.0341. The zero-order valence-electron chi connectivity index (χ0n) is 22.9. The highest BCUT2D eigenvalue weighted by Gasteiger charge is 2.33. The minimum atomic E-state index is -3.52. The van der Waals surface area contributed by atoms with Crippen LogP contribution in [0, 0.1) is 5.92 Å². The van der Waals surface area contributed by atoms with E-state index in [1.54, 1.807) is 24.0 Å². The number of fused-ring (bicyclic) bond motifs is 1. The van der Waals surface area contributed by atoms with Crippen molar-refractivity contribution < 1.29 is 23.1 Å². The van der Waals surface area contributed by atoms with E-state index in [-0.39, 0.29) is 35.8 Å². The maximum absolute atomic E-state index is 13.5. The van der Waals surface area contributed by atoms with Crippen LogP contribution in [-0.2, 0) is 16.6 Å². The van der Waals surface area contributed by atoms with Crippen LogP contribution in [0.3, 0.4) is 0 Å². The lowest BCUT2D eigenvalue weighted by atomic mass is 9.99. The number of carbonyl (C=O) groups excluding carboxylic acids is 1. The molecule has 1 aliphatic heterocycles. The smallest absolute Gasteiger partial charge is 0.258 e. The van der Waals surface area contributed by atoms with Crippen LogP contribution in [-0.4, -0.2) is 74.4 Å². The van der Waals surface area contributed by atoms with Gasteiger partial charge in [0.2, 0.25) is 10.0 Å². The van der Waals surface area contributed by atoms with Crippen molar-refractivity contribution in [2.24, 2.45) is 5.92 Å². The van der Waals surface area contributed by atoms with E-state index in [1.807, 2.05) is 32.2 Å². The van der Waals surface area contributed by atoms with E-state index in [1.165, 1.54) is 22.8 Å². The molecule has 0 saturated heterocycles. The van der Waals surface area contributed by atoms with Crippen molar-refractivity contribution in [3.63, 3.8) is 0 Å². The number of aliphatic hydroxyl groups is 1. The Balaban J connectivity index is 1.54. The van der Waals surface area contributed by atoms with E-state index >= 15 is 0 Å². The Labute approximate surface area is 231 Å². The third-order valence-corrected chi connectivity index (χ3v) is 7.58. The minimum Gasteiger partial charge on any atom is -0.488 e. The van der Waals surface area contributed by atoms with Gasteiger partial charge in [-0.25, -0.2) is 8.42 Å². The number of likely N-dealkylation sites (N-methyl/N-ethyl adjacent to an activating group) is 1. The molecule has 2 N–H and O–H groups in total. The average Bonchev–Trinajstić information content (AvgIpc) is 2.90. The van der Waals surface area contributed by atoms with Crippen LogP contribution in [0.5, 0.6) is 5.75 Å². The second kappa shape index (κ2) is 12.2. The average molecular weight is 552 g/mol. The molecule has 3 aromatic rings. The Morgan fingerprint density at radius 2 is 1.74 bits per heavy atom. The molecule has 0 spiro atoms. The van der Waals surface area contributed by atoms with Crippen molar-refractivity contribution in [1.29, 1.82) is 0 Å². The number of anilines is 1. The molecule has 4 rings (SSSR count). The quantitative estimate of drug-likeness (QED) is 0.416. The predicted molar refractivity (Wildman–Crippen MR) is 154 cm³/mol. The summed E-state index contributed by atoms with van der Waals surface area (Å²) in [6.07, 6.45) is 0.817. The molecule has 0 unspecified atom stereocenters. The van der Waals surface area contributed by atoms with E-state index in [2.05, 4.69) is 46.0 Å². The van der Waals surface area contributed by atoms with Gasteiger partial charge < -0.3 is 14.7 Å². The molecule has 0 aromatic heterocycles. The molecule has 0 aliphatic carbocycles. The Morgan fingerprint density at radius 1 is 1.08 bits per heavy atom. The van der Waals surface area contributed by atoms with Gasteiger partial charge in [0, 0.05) is 31.2 Å². The minimum absolute atomic E-state index is 0.0205. The van der Waals surface area contributed by atoms with Gasteiger partial charge >= 0.3 is 0 Å². The third-order valence-electron chi connectivity index (χ3n) is 6.97. The van der Waals surface area contributed by atoms with Gasteiger partial charge in [-0.15, -0.1) is 0 Å². The Morgan fingerprint density at radius 3 is 2.38 bits per heavy atom. The zero-order chi connectivity index (χ0) is 28.2. The Kier molecular flexibility index (Phi) is 8.94. The summed E-state index contributed by atoms with van der Waals surface area (Å²) in [6.45, 7) is 5.39. The van der Waals surface area contributed by atoms with Crippen LogP contribution in [0.15, 0.2) is 72.8 Å². The lowest BCUT2D eigenvalue weighted by Crippen LogP contribution is -2.49. The number of sulfonamides is 1. The highest BCUT2D eigenvalue weighted by atomic mass is 32.2. The monoisotopic (exact) mass is 551 g/mol. The molecule has 0 bridgehead atoms. The first-order valence-electron chi connectivity index (χ1n) is 13.1. The molecule has 1 amide bonds. The second-order valence-electron chi connectivity index (χ2n) is 10.5. The van der Waals surface area contributed by atoms with Gasteiger partial charge in [0.05, 0.1) is 24.5 Å². The predicted octanol–water partition coefficient (Wildman–Crippen LogP) is 4.08. The van der Waals surface area contributed by atoms with Crippen molar-refractivity contribution in [1.82, 2.24) is 9.80 Å². The maximum Gasteiger partial charge on any atom is 0.258 e. The SMILES string of the molecule is C[C@@H]1CN([C@H](C)CO)C(=O)c2cc(NS(C)(=O)=O)ccc2O[C@@H]1CN(C)Cc1ccc(-c2ccccc2)cc1. The fraction of sp³-hybridized carbons (Fsp3) is 0.367. The molecule has 1 aliphatic rings. The van der Waals surface area contributed by atoms with Gasteiger partial charge in [-0.1, -0.05) is 61.5 Å². The molecule has 3 aromatic carbocycles. The molecule has 8 nitrogen and oxygen atoms in total. The maximum atomic E-state index is 13.5. The number of amides is 1. The summed E-state index contributed by atoms with van der Waals surface area (Å²) in [7, 11) is -1.48. The van der Waals surface area contributed by atoms with Gasteiger partial charge in [0.1, 0.15) is 11.9 Å². The fourth-order valence-electron chi connectivity index (χ4n) is 4.83. The first-order chi connectivity index (χ1) is 18.5. The lowest BCUT2D eigenvalue weighted by Gasteiger charge is -2.38. The molecular weight excluding hydrogens is 514 g/mol. The number of nitrogens with zero attached hydrogens (tertiary/aromatic N) is 2. The normalized spacial score (nSPS) is 18.6. The van der Waals surface area contributed by atoms with Crippen LogP contribution < -0.4 is 9.46 Å². The summed E-state index contributed by atoms with van der Waals surface area (Å²) in [5.41, 5.74) is 4.08. The van der Waals surface area contributed by atoms with Crippen molar-refractivity contribution >= 4 is 21.6 Å². The van der Waals surface area contributed by atoms with Gasteiger partial charge in [-0.3, -0.25) is 14.4 Å². The summed E-state index contributed by atoms with van der Waals surface area (Å²) in [5, 5.41) is 9.85. The van der Waals surface area contributed by atoms with Crippen molar-refractivity contribution in [3.8, 4) is 16.9 Å². The van der Waals surface area contributed by atoms with Gasteiger partial charge in [0.25, 0.3) is 5.91 Å². The highest BCUT2D eigenvalue weighted by Crippen LogP contribution is 2.31. The fourth-order valence-corrected chi connectivity index (χ4v) is 5.39. The summed E-state index contributed by atoms with van der Waals surface area (Å²) < 4.78 is 32.4. The summed E-state index contributed by atoms with van der Waals surface area (Å²) in [5.74, 6) is 0.0695. The third kappa shape index (κ3) is 7.38. The van der Waals surface area contributed by atoms with Gasteiger partial charge in [-0.05, 0) is 48.9 Å². The number of hydrogen-bond donors (Lipinski definition) is 2. The van der Waals surface area contributed by atoms with Gasteiger partial charge in [-0.2, -0.15) is 0 Å². The van der Waals surface area contributed by atoms with Crippen LogP contribution in [0.4, 0.5) is 5.69 Å². The zero-order valence-corrected chi connectivity index (χ0v) is 23.7. The first-order valence-corrected chi connectivity index (χ1v) is 15.0. The Hall–Kier alpha value is -3.40. The molecule has 3 atom stereocenters. The molecule has 0 saturated carbocycles. The molecule has 1 heterocycles. The largest absolute Gasteiger partial charge is 0.488 e. The number of carbonyl (C=O) groups is 1. The van der Waals surface area contributed by atoms with E-state index in [0.29, 0.717) is 18.8 Å². The van der Waals surface area contributed by atoms with Crippen molar-refractivity contribution in [3.05, 3.63) is 83.9 Å². The standard InChI is InChI=1S/C30H37N3O5S/c1-21-17-33(22(2)20-34)30(35)27-16-26(31-39(4,36)37)14-15-28(27)38-29(21)19-32(3)18-23-10-12-25(13-11-23)24-8-6-5-7-9-24/h5-16,21-22,29,31,34H,17-20H2,1-4H3/t21-,22-,29-/m1/s1. The van der Waals surface area contributed by atoms with Crippen LogP contribution in [0.25, 0.3) is 11.1 Å². The number of hydrogen-bond acceptors (Lipinski definition) is 6. The first kappa shape index (κ1) is 28.6. The van der Waals surface area contributed by atoms with Crippen molar-refractivity contribution in [2.45, 2.75) is 32.5 Å². The summed E-state index contributed by atoms with van der Waals surface area (Å²) in [4.78, 5) is 17.3. The van der Waals surface area contributed by atoms with E-state index in [0.717, 1.165) is 12.8 Å². The van der Waals surface area contributed by atoms with Gasteiger partial charge in [0.15, 0.2) is 0 Å². The van der Waals surface area contributed by atoms with E-state index in [4.69, 9.17) is 4.74 Å². The van der Waals surface area contributed by atoms with E-state index < -0.39 is 16.1 Å². The summed E-state index contributed by atoms with van der Waals surface area (Å²) in [6, 6.07) is 23.1. The van der Waals surface area contributed by atoms with Crippen molar-refractivity contribution in [2.75, 3.05) is 37.7 Å². The molecule has 9 heteroatoms. The number of ether oxygens (including phenoxy) is 1. The van der Waals surface area contributed by atoms with Crippen LogP contribution in [0.2, 0.25) is 0 Å². The molecule has 208 valence electrons. The molecule has 0 fully saturated rings.